The first-order valence-electron chi connectivity index (χ1n) is 5.74. The van der Waals surface area contributed by atoms with E-state index in [2.05, 4.69) is 45.0 Å². The Balaban J connectivity index is 2.69. The van der Waals surface area contributed by atoms with Gasteiger partial charge in [0.15, 0.2) is 0 Å². The van der Waals surface area contributed by atoms with Crippen molar-refractivity contribution in [1.82, 2.24) is 15.1 Å². The van der Waals surface area contributed by atoms with Crippen LogP contribution < -0.4 is 5.32 Å². The van der Waals surface area contributed by atoms with Crippen molar-refractivity contribution < 1.29 is 0 Å². The number of aromatic nitrogens is 2. The Morgan fingerprint density at radius 1 is 1.44 bits per heavy atom. The van der Waals surface area contributed by atoms with Gasteiger partial charge in [0.25, 0.3) is 0 Å². The van der Waals surface area contributed by atoms with Crippen molar-refractivity contribution in [3.63, 3.8) is 0 Å². The summed E-state index contributed by atoms with van der Waals surface area (Å²) in [5.41, 5.74) is 0.129. The van der Waals surface area contributed by atoms with Gasteiger partial charge in [-0.05, 0) is 26.7 Å². The highest BCUT2D eigenvalue weighted by Crippen LogP contribution is 2.19. The van der Waals surface area contributed by atoms with Crippen LogP contribution in [0.1, 0.15) is 40.7 Å². The van der Waals surface area contributed by atoms with E-state index in [9.17, 15) is 0 Å². The Morgan fingerprint density at radius 2 is 2.06 bits per heavy atom. The molecule has 0 amide bonds. The summed E-state index contributed by atoms with van der Waals surface area (Å²) in [5.74, 6) is 0.519. The van der Waals surface area contributed by atoms with Gasteiger partial charge in [0.05, 0.1) is 17.3 Å². The molecule has 0 aliphatic rings. The summed E-state index contributed by atoms with van der Waals surface area (Å²) in [6.45, 7) is 11.8. The number of nitrogens with zero attached hydrogens (tertiary/aromatic N) is 2. The molecule has 0 saturated heterocycles. The molecular weight excluding hydrogens is 222 g/mol. The highest BCUT2D eigenvalue weighted by atomic mass is 35.5. The minimum atomic E-state index is 0.129. The van der Waals surface area contributed by atoms with E-state index in [0.717, 1.165) is 6.54 Å². The molecule has 0 spiro atoms. The molecule has 1 aromatic rings. The molecule has 0 aliphatic heterocycles. The molecular formula is C12H22ClN3. The van der Waals surface area contributed by atoms with E-state index < -0.39 is 0 Å². The van der Waals surface area contributed by atoms with Gasteiger partial charge in [-0.15, -0.1) is 0 Å². The first kappa shape index (κ1) is 13.5. The first-order valence-corrected chi connectivity index (χ1v) is 6.12. The van der Waals surface area contributed by atoms with Gasteiger partial charge in [-0.2, -0.15) is 5.10 Å². The van der Waals surface area contributed by atoms with Crippen molar-refractivity contribution in [2.24, 2.45) is 5.92 Å². The molecule has 0 radical (unpaired) electrons. The molecule has 0 saturated carbocycles. The highest BCUT2D eigenvalue weighted by Gasteiger charge is 2.19. The minimum absolute atomic E-state index is 0.129. The summed E-state index contributed by atoms with van der Waals surface area (Å²) in [6, 6.07) is 0.340. The van der Waals surface area contributed by atoms with Crippen LogP contribution in [0.25, 0.3) is 0 Å². The van der Waals surface area contributed by atoms with Crippen molar-refractivity contribution in [2.75, 3.05) is 6.54 Å². The summed E-state index contributed by atoms with van der Waals surface area (Å²) >= 11 is 5.90. The van der Waals surface area contributed by atoms with Crippen LogP contribution in [0.2, 0.25) is 5.02 Å². The van der Waals surface area contributed by atoms with Crippen LogP contribution in [0.3, 0.4) is 0 Å². The second-order valence-electron chi connectivity index (χ2n) is 5.58. The van der Waals surface area contributed by atoms with Crippen LogP contribution in [0.5, 0.6) is 0 Å². The molecule has 4 heteroatoms. The van der Waals surface area contributed by atoms with Gasteiger partial charge in [0.2, 0.25) is 0 Å². The molecule has 1 rings (SSSR count). The lowest BCUT2D eigenvalue weighted by atomic mass is 10.0. The molecule has 0 aromatic carbocycles. The van der Waals surface area contributed by atoms with Crippen LogP contribution in [-0.4, -0.2) is 21.9 Å². The summed E-state index contributed by atoms with van der Waals surface area (Å²) in [5, 5.41) is 8.49. The Morgan fingerprint density at radius 3 is 2.44 bits per heavy atom. The van der Waals surface area contributed by atoms with Gasteiger partial charge < -0.3 is 5.32 Å². The lowest BCUT2D eigenvalue weighted by Gasteiger charge is -2.27. The number of hydrogen-bond donors (Lipinski definition) is 1. The maximum absolute atomic E-state index is 5.90. The Bertz CT molecular complexity index is 325. The fourth-order valence-corrected chi connectivity index (χ4v) is 1.69. The van der Waals surface area contributed by atoms with Crippen LogP contribution in [-0.2, 0) is 0 Å². The van der Waals surface area contributed by atoms with Crippen LogP contribution in [0.15, 0.2) is 12.4 Å². The topological polar surface area (TPSA) is 29.9 Å². The van der Waals surface area contributed by atoms with Gasteiger partial charge in [-0.1, -0.05) is 25.4 Å². The average molecular weight is 244 g/mol. The van der Waals surface area contributed by atoms with E-state index in [4.69, 9.17) is 11.6 Å². The third kappa shape index (κ3) is 4.14. The molecule has 3 nitrogen and oxygen atoms in total. The van der Waals surface area contributed by atoms with Gasteiger partial charge in [-0.25, -0.2) is 0 Å². The van der Waals surface area contributed by atoms with Crippen molar-refractivity contribution in [2.45, 2.75) is 46.2 Å². The third-order valence-corrected chi connectivity index (χ3v) is 2.72. The molecule has 1 N–H and O–H groups in total. The molecule has 1 atom stereocenters. The molecule has 92 valence electrons. The fourth-order valence-electron chi connectivity index (χ4n) is 1.54. The summed E-state index contributed by atoms with van der Waals surface area (Å²) in [6.07, 6.45) is 3.57. The predicted molar refractivity (Wildman–Crippen MR) is 68.9 cm³/mol. The molecule has 0 aliphatic carbocycles. The van der Waals surface area contributed by atoms with E-state index in [0.29, 0.717) is 17.0 Å². The monoisotopic (exact) mass is 243 g/mol. The first-order chi connectivity index (χ1) is 7.29. The van der Waals surface area contributed by atoms with Crippen molar-refractivity contribution in [3.05, 3.63) is 17.4 Å². The second-order valence-corrected chi connectivity index (χ2v) is 6.02. The molecule has 1 unspecified atom stereocenters. The van der Waals surface area contributed by atoms with E-state index in [-0.39, 0.29) is 5.54 Å². The van der Waals surface area contributed by atoms with Crippen molar-refractivity contribution in [1.29, 1.82) is 0 Å². The van der Waals surface area contributed by atoms with Gasteiger partial charge in [0, 0.05) is 18.3 Å². The minimum Gasteiger partial charge on any atom is -0.310 e. The molecule has 0 fully saturated rings. The van der Waals surface area contributed by atoms with E-state index in [1.165, 1.54) is 0 Å². The van der Waals surface area contributed by atoms with Crippen molar-refractivity contribution >= 4 is 11.6 Å². The highest BCUT2D eigenvalue weighted by molar-refractivity contribution is 6.30. The standard InChI is InChI=1S/C12H22ClN3/c1-9(2)11(7-14-12(3,4)5)16-8-10(13)6-15-16/h6,8-9,11,14H,7H2,1-5H3. The van der Waals surface area contributed by atoms with Gasteiger partial charge >= 0.3 is 0 Å². The number of rotatable bonds is 4. The summed E-state index contributed by atoms with van der Waals surface area (Å²) in [4.78, 5) is 0. The smallest absolute Gasteiger partial charge is 0.0785 e. The largest absolute Gasteiger partial charge is 0.310 e. The zero-order chi connectivity index (χ0) is 12.3. The predicted octanol–water partition coefficient (Wildman–Crippen LogP) is 3.12. The fraction of sp³-hybridized carbons (Fsp3) is 0.750. The Labute approximate surface area is 103 Å². The molecule has 16 heavy (non-hydrogen) atoms. The number of hydrogen-bond acceptors (Lipinski definition) is 2. The quantitative estimate of drug-likeness (QED) is 0.881. The molecule has 0 bridgehead atoms. The van der Waals surface area contributed by atoms with Crippen LogP contribution >= 0.6 is 11.6 Å². The zero-order valence-corrected chi connectivity index (χ0v) is 11.5. The Hall–Kier alpha value is -0.540. The van der Waals surface area contributed by atoms with Crippen LogP contribution in [0.4, 0.5) is 0 Å². The van der Waals surface area contributed by atoms with Crippen molar-refractivity contribution in [3.8, 4) is 0 Å². The second kappa shape index (κ2) is 5.19. The average Bonchev–Trinajstić information content (AvgIpc) is 2.49. The molecule has 1 aromatic heterocycles. The zero-order valence-electron chi connectivity index (χ0n) is 10.8. The normalized spacial score (nSPS) is 14.4. The lowest BCUT2D eigenvalue weighted by Crippen LogP contribution is -2.41. The lowest BCUT2D eigenvalue weighted by molar-refractivity contribution is 0.294. The summed E-state index contributed by atoms with van der Waals surface area (Å²) < 4.78 is 1.95. The maximum atomic E-state index is 5.90. The number of halogens is 1. The van der Waals surface area contributed by atoms with Gasteiger partial charge in [0.1, 0.15) is 0 Å². The maximum Gasteiger partial charge on any atom is 0.0785 e. The van der Waals surface area contributed by atoms with E-state index in [1.807, 2.05) is 10.9 Å². The van der Waals surface area contributed by atoms with Crippen LogP contribution in [0, 0.1) is 5.92 Å². The SMILES string of the molecule is CC(C)C(CNC(C)(C)C)n1cc(Cl)cn1. The number of nitrogens with one attached hydrogen (secondary N) is 1. The molecule has 1 heterocycles. The Kier molecular flexibility index (Phi) is 4.39. The van der Waals surface area contributed by atoms with E-state index in [1.54, 1.807) is 6.20 Å². The third-order valence-electron chi connectivity index (χ3n) is 2.52. The van der Waals surface area contributed by atoms with E-state index >= 15 is 0 Å². The summed E-state index contributed by atoms with van der Waals surface area (Å²) in [7, 11) is 0. The van der Waals surface area contributed by atoms with Gasteiger partial charge in [-0.3, -0.25) is 4.68 Å².